The van der Waals surface area contributed by atoms with Gasteiger partial charge in [0.05, 0.1) is 0 Å². The molecule has 0 saturated heterocycles. The van der Waals surface area contributed by atoms with Gasteiger partial charge in [-0.1, -0.05) is 0 Å². The SMILES string of the molecule is [H-].[H-].[H-].[Li+].[S]=[SbH].[Sr+2]. The van der Waals surface area contributed by atoms with E-state index < -0.39 is 0 Å². The van der Waals surface area contributed by atoms with Crippen molar-refractivity contribution in [1.29, 1.82) is 0 Å². The Labute approximate surface area is 96.6 Å². The molecule has 0 aromatic heterocycles. The van der Waals surface area contributed by atoms with Gasteiger partial charge in [0.2, 0.25) is 0 Å². The van der Waals surface area contributed by atoms with Crippen LogP contribution in [0.15, 0.2) is 0 Å². The fraction of sp³-hybridized carbons (Fsp3) is 0. The summed E-state index contributed by atoms with van der Waals surface area (Å²) >= 11 is 1.13. The van der Waals surface area contributed by atoms with Crippen molar-refractivity contribution in [2.45, 2.75) is 0 Å². The Bertz CT molecular complexity index is 14.9. The van der Waals surface area contributed by atoms with Gasteiger partial charge in [0.25, 0.3) is 0 Å². The summed E-state index contributed by atoms with van der Waals surface area (Å²) in [7, 11) is 4.17. The number of rotatable bonds is 0. The van der Waals surface area contributed by atoms with Crippen molar-refractivity contribution in [3.05, 3.63) is 0 Å². The Balaban J connectivity index is -0.000000000500. The van der Waals surface area contributed by atoms with Crippen molar-refractivity contribution < 1.29 is 23.1 Å². The molecule has 0 bridgehead atoms. The Hall–Kier alpha value is 3.12. The molecule has 0 radical (unpaired) electrons. The predicted octanol–water partition coefficient (Wildman–Crippen LogP) is -3.04. The van der Waals surface area contributed by atoms with Gasteiger partial charge in [0.1, 0.15) is 0 Å². The van der Waals surface area contributed by atoms with Crippen molar-refractivity contribution in [2.75, 3.05) is 0 Å². The van der Waals surface area contributed by atoms with E-state index in [-0.39, 0.29) is 68.6 Å². The molecule has 0 fully saturated rings. The van der Waals surface area contributed by atoms with Crippen LogP contribution < -0.4 is 18.9 Å². The Morgan fingerprint density at radius 2 is 1.50 bits per heavy atom. The monoisotopic (exact) mass is 252 g/mol. The van der Waals surface area contributed by atoms with Gasteiger partial charge < -0.3 is 4.28 Å². The van der Waals surface area contributed by atoms with Crippen LogP contribution in [0, 0.1) is 0 Å². The quantitative estimate of drug-likeness (QED) is 0.413. The second-order valence-corrected chi connectivity index (χ2v) is 0. The summed E-state index contributed by atoms with van der Waals surface area (Å²) in [4.78, 5) is 0. The summed E-state index contributed by atoms with van der Waals surface area (Å²) in [6.07, 6.45) is 0. The maximum absolute atomic E-state index is 4.17. The number of hydrogen-bond acceptors (Lipinski definition) is 1. The van der Waals surface area contributed by atoms with E-state index in [1.54, 1.807) is 0 Å². The largest absolute Gasteiger partial charge is 2.00 e. The maximum atomic E-state index is 4.17. The van der Waals surface area contributed by atoms with Crippen LogP contribution in [0.3, 0.4) is 0 Å². The summed E-state index contributed by atoms with van der Waals surface area (Å²) in [5.41, 5.74) is 0. The van der Waals surface area contributed by atoms with Gasteiger partial charge in [-0.25, -0.2) is 0 Å². The van der Waals surface area contributed by atoms with E-state index in [1.165, 1.54) is 0 Å². The first-order valence-corrected chi connectivity index (χ1v) is 4.11. The molecule has 0 aromatic carbocycles. The first-order chi connectivity index (χ1) is 1.00. The van der Waals surface area contributed by atoms with Crippen molar-refractivity contribution in [3.8, 4) is 0 Å². The fourth-order valence-corrected chi connectivity index (χ4v) is 0. The molecule has 0 unspecified atom stereocenters. The Morgan fingerprint density at radius 1 is 1.50 bits per heavy atom. The predicted molar refractivity (Wildman–Crippen MR) is 23.8 cm³/mol. The number of hydrogen-bond donors (Lipinski definition) is 0. The molecular weight excluding hydrogens is 248 g/mol. The van der Waals surface area contributed by atoms with Gasteiger partial charge in [-0.05, 0) is 0 Å². The summed E-state index contributed by atoms with van der Waals surface area (Å²) in [6, 6.07) is 0. The Morgan fingerprint density at radius 3 is 1.50 bits per heavy atom. The van der Waals surface area contributed by atoms with Gasteiger partial charge in [0, 0.05) is 0 Å². The molecule has 0 aliphatic carbocycles. The molecule has 0 atom stereocenters. The second-order valence-electron chi connectivity index (χ2n) is 0. The molecule has 0 rings (SSSR count). The third kappa shape index (κ3) is 8.93. The van der Waals surface area contributed by atoms with Gasteiger partial charge in [-0.3, -0.25) is 0 Å². The van der Waals surface area contributed by atoms with Crippen molar-refractivity contribution in [2.24, 2.45) is 0 Å². The van der Waals surface area contributed by atoms with E-state index in [0.717, 1.165) is 21.1 Å². The molecule has 0 aromatic rings. The molecule has 0 saturated carbocycles. The van der Waals surface area contributed by atoms with Crippen LogP contribution in [0.25, 0.3) is 0 Å². The smallest absolute Gasteiger partial charge is 2.00 e. The molecule has 0 nitrogen and oxygen atoms in total. The first-order valence-electron chi connectivity index (χ1n) is 0.204. The van der Waals surface area contributed by atoms with Crippen LogP contribution in [-0.2, 0) is 0 Å². The normalized spacial score (nSPS) is 1.00. The fourth-order valence-electron chi connectivity index (χ4n) is 0. The molecule has 4 heavy (non-hydrogen) atoms. The average Bonchev–Trinajstić information content (AvgIpc) is 1.00. The summed E-state index contributed by atoms with van der Waals surface area (Å²) in [5, 5.41) is 0. The van der Waals surface area contributed by atoms with Gasteiger partial charge >= 0.3 is 94.6 Å². The zero-order valence-electron chi connectivity index (χ0n) is 5.62. The average molecular weight is 252 g/mol. The van der Waals surface area contributed by atoms with Crippen LogP contribution in [0.1, 0.15) is 4.28 Å². The van der Waals surface area contributed by atoms with Crippen LogP contribution in [0.5, 0.6) is 0 Å². The molecule has 0 heterocycles. The maximum Gasteiger partial charge on any atom is 2.00 e. The topological polar surface area (TPSA) is 0 Å². The summed E-state index contributed by atoms with van der Waals surface area (Å²) in [6.45, 7) is 0. The van der Waals surface area contributed by atoms with Crippen molar-refractivity contribution >= 4 is 75.7 Å². The van der Waals surface area contributed by atoms with Crippen LogP contribution in [0.4, 0.5) is 0 Å². The molecule has 0 N–H and O–H groups in total. The zero-order valence-corrected chi connectivity index (χ0v) is 9.76. The van der Waals surface area contributed by atoms with E-state index in [9.17, 15) is 0 Å². The third-order valence-electron chi connectivity index (χ3n) is 0. The summed E-state index contributed by atoms with van der Waals surface area (Å²) in [5.74, 6) is 0. The minimum atomic E-state index is 0. The Kier molecular flexibility index (Phi) is 64.8. The molecule has 0 spiro atoms. The van der Waals surface area contributed by atoms with Crippen molar-refractivity contribution in [1.82, 2.24) is 0 Å². The molecule has 0 aliphatic rings. The first kappa shape index (κ1) is 15.7. The van der Waals surface area contributed by atoms with E-state index in [1.807, 2.05) is 0 Å². The minimum absolute atomic E-state index is 0. The molecule has 4 heteroatoms. The van der Waals surface area contributed by atoms with Gasteiger partial charge in [0.15, 0.2) is 0 Å². The van der Waals surface area contributed by atoms with Crippen LogP contribution in [0.2, 0.25) is 0 Å². The summed E-state index contributed by atoms with van der Waals surface area (Å²) < 4.78 is 0. The molecular formula is H4LiSSbSr. The van der Waals surface area contributed by atoms with Crippen LogP contribution >= 0.6 is 9.19 Å². The molecule has 0 amide bonds. The van der Waals surface area contributed by atoms with E-state index in [0.29, 0.717) is 0 Å². The van der Waals surface area contributed by atoms with Gasteiger partial charge in [-0.2, -0.15) is 0 Å². The van der Waals surface area contributed by atoms with Crippen molar-refractivity contribution in [3.63, 3.8) is 0 Å². The molecule has 18 valence electrons. The van der Waals surface area contributed by atoms with Gasteiger partial charge in [-0.15, -0.1) is 0 Å². The third-order valence-corrected chi connectivity index (χ3v) is 0. The zero-order chi connectivity index (χ0) is 2.00. The minimum Gasteiger partial charge on any atom is 2.00 e. The standard InChI is InChI=1S/Li.S.Sb.Sr.4H/q+1;;;+2;;3*-1. The van der Waals surface area contributed by atoms with E-state index in [2.05, 4.69) is 9.19 Å². The van der Waals surface area contributed by atoms with E-state index >= 15 is 0 Å². The second kappa shape index (κ2) is 16.5. The molecule has 0 aliphatic heterocycles. The van der Waals surface area contributed by atoms with Crippen LogP contribution in [-0.4, -0.2) is 66.5 Å². The van der Waals surface area contributed by atoms with E-state index in [4.69, 9.17) is 0 Å².